The van der Waals surface area contributed by atoms with Crippen LogP contribution in [0.15, 0.2) is 51.8 Å². The zero-order valence-corrected chi connectivity index (χ0v) is 18.7. The van der Waals surface area contributed by atoms with Gasteiger partial charge in [-0.05, 0) is 54.9 Å². The third kappa shape index (κ3) is 4.91. The van der Waals surface area contributed by atoms with Gasteiger partial charge >= 0.3 is 0 Å². The van der Waals surface area contributed by atoms with E-state index in [1.807, 2.05) is 13.8 Å². The summed E-state index contributed by atoms with van der Waals surface area (Å²) in [6.07, 6.45) is 2.32. The van der Waals surface area contributed by atoms with Gasteiger partial charge < -0.3 is 4.74 Å². The molecular formula is C21H19BrN2O5S. The molecule has 2 aromatic rings. The van der Waals surface area contributed by atoms with E-state index in [2.05, 4.69) is 15.9 Å². The topological polar surface area (TPSA) is 89.8 Å². The average Bonchev–Trinajstić information content (AvgIpc) is 3.00. The van der Waals surface area contributed by atoms with Crippen molar-refractivity contribution in [3.63, 3.8) is 0 Å². The lowest BCUT2D eigenvalue weighted by Crippen LogP contribution is -2.36. The molecule has 0 saturated carbocycles. The first-order valence-corrected chi connectivity index (χ1v) is 10.8. The number of nitrogens with zero attached hydrogens (tertiary/aromatic N) is 2. The number of nitro groups is 1. The first kappa shape index (κ1) is 22.0. The SMILES string of the molecule is CC[C@@H](C)N1C(=O)S/C(=C/c2cc(Br)ccc2OCc2cccc([N+](=O)[O-])c2)C1=O. The number of rotatable bonds is 7. The van der Waals surface area contributed by atoms with Crippen molar-refractivity contribution in [2.24, 2.45) is 0 Å². The maximum Gasteiger partial charge on any atom is 0.293 e. The highest BCUT2D eigenvalue weighted by Gasteiger charge is 2.37. The maximum absolute atomic E-state index is 12.7. The molecule has 0 bridgehead atoms. The quantitative estimate of drug-likeness (QED) is 0.278. The molecule has 9 heteroatoms. The summed E-state index contributed by atoms with van der Waals surface area (Å²) in [5.41, 5.74) is 1.27. The van der Waals surface area contributed by atoms with Crippen LogP contribution in [0, 0.1) is 10.1 Å². The van der Waals surface area contributed by atoms with E-state index in [9.17, 15) is 19.7 Å². The van der Waals surface area contributed by atoms with Gasteiger partial charge in [0, 0.05) is 28.2 Å². The molecule has 156 valence electrons. The van der Waals surface area contributed by atoms with E-state index in [1.54, 1.807) is 36.4 Å². The van der Waals surface area contributed by atoms with Gasteiger partial charge in [0.05, 0.1) is 9.83 Å². The Hall–Kier alpha value is -2.65. The summed E-state index contributed by atoms with van der Waals surface area (Å²) in [6, 6.07) is 11.4. The van der Waals surface area contributed by atoms with Crippen molar-refractivity contribution >= 4 is 50.6 Å². The van der Waals surface area contributed by atoms with Crippen molar-refractivity contribution in [1.82, 2.24) is 4.90 Å². The average molecular weight is 491 g/mol. The molecule has 1 aliphatic rings. The van der Waals surface area contributed by atoms with Crippen molar-refractivity contribution in [2.45, 2.75) is 32.9 Å². The Morgan fingerprint density at radius 2 is 2.03 bits per heavy atom. The lowest BCUT2D eigenvalue weighted by molar-refractivity contribution is -0.384. The van der Waals surface area contributed by atoms with Gasteiger partial charge in [0.15, 0.2) is 0 Å². The van der Waals surface area contributed by atoms with Gasteiger partial charge in [-0.25, -0.2) is 0 Å². The number of hydrogen-bond donors (Lipinski definition) is 0. The fourth-order valence-electron chi connectivity index (χ4n) is 2.87. The number of imide groups is 1. The van der Waals surface area contributed by atoms with E-state index in [0.29, 0.717) is 28.2 Å². The van der Waals surface area contributed by atoms with Crippen LogP contribution < -0.4 is 4.74 Å². The number of hydrogen-bond acceptors (Lipinski definition) is 6. The van der Waals surface area contributed by atoms with Crippen LogP contribution >= 0.6 is 27.7 Å². The molecule has 0 N–H and O–H groups in total. The summed E-state index contributed by atoms with van der Waals surface area (Å²) in [7, 11) is 0. The highest BCUT2D eigenvalue weighted by molar-refractivity contribution is 9.10. The monoisotopic (exact) mass is 490 g/mol. The summed E-state index contributed by atoms with van der Waals surface area (Å²) < 4.78 is 6.66. The highest BCUT2D eigenvalue weighted by Crippen LogP contribution is 2.36. The van der Waals surface area contributed by atoms with Crippen LogP contribution in [-0.4, -0.2) is 27.0 Å². The van der Waals surface area contributed by atoms with Crippen LogP contribution in [0.2, 0.25) is 0 Å². The first-order chi connectivity index (χ1) is 14.3. The minimum absolute atomic E-state index is 0.00847. The molecule has 3 rings (SSSR count). The first-order valence-electron chi connectivity index (χ1n) is 9.23. The molecule has 1 fully saturated rings. The van der Waals surface area contributed by atoms with Gasteiger partial charge in [0.25, 0.3) is 16.8 Å². The minimum atomic E-state index is -0.456. The van der Waals surface area contributed by atoms with Crippen molar-refractivity contribution in [2.75, 3.05) is 0 Å². The predicted octanol–water partition coefficient (Wildman–Crippen LogP) is 5.77. The zero-order valence-electron chi connectivity index (χ0n) is 16.3. The molecule has 30 heavy (non-hydrogen) atoms. The zero-order chi connectivity index (χ0) is 21.8. The normalized spacial score (nSPS) is 16.2. The Balaban J connectivity index is 1.85. The number of halogens is 1. The summed E-state index contributed by atoms with van der Waals surface area (Å²) in [6.45, 7) is 3.89. The molecule has 2 aromatic carbocycles. The number of amides is 2. The van der Waals surface area contributed by atoms with Gasteiger partial charge in [0.1, 0.15) is 12.4 Å². The number of nitro benzene ring substituents is 1. The second-order valence-electron chi connectivity index (χ2n) is 6.71. The third-order valence-corrected chi connectivity index (χ3v) is 6.01. The Morgan fingerprint density at radius 1 is 1.27 bits per heavy atom. The molecule has 0 aromatic heterocycles. The standard InChI is InChI=1S/C21H19BrN2O5S/c1-3-13(2)23-20(25)19(30-21(23)26)11-15-10-16(22)7-8-18(15)29-12-14-5-4-6-17(9-14)24(27)28/h4-11,13H,3,12H2,1-2H3/b19-11+/t13-/m1/s1. The summed E-state index contributed by atoms with van der Waals surface area (Å²) in [5.74, 6) is 0.184. The Kier molecular flexibility index (Phi) is 6.94. The van der Waals surface area contributed by atoms with Crippen LogP contribution in [0.1, 0.15) is 31.4 Å². The Bertz CT molecular complexity index is 1040. The third-order valence-electron chi connectivity index (χ3n) is 4.63. The smallest absolute Gasteiger partial charge is 0.293 e. The number of benzene rings is 2. The molecule has 1 heterocycles. The minimum Gasteiger partial charge on any atom is -0.488 e. The fourth-order valence-corrected chi connectivity index (χ4v) is 4.17. The molecular weight excluding hydrogens is 472 g/mol. The molecule has 0 radical (unpaired) electrons. The molecule has 0 aliphatic carbocycles. The lowest BCUT2D eigenvalue weighted by atomic mass is 10.1. The van der Waals surface area contributed by atoms with Crippen molar-refractivity contribution in [3.8, 4) is 5.75 Å². The van der Waals surface area contributed by atoms with E-state index >= 15 is 0 Å². The molecule has 0 unspecified atom stereocenters. The molecule has 1 saturated heterocycles. The summed E-state index contributed by atoms with van der Waals surface area (Å²) >= 11 is 4.32. The molecule has 2 amide bonds. The van der Waals surface area contributed by atoms with Gasteiger partial charge in [-0.1, -0.05) is 35.0 Å². The Morgan fingerprint density at radius 3 is 2.73 bits per heavy atom. The predicted molar refractivity (Wildman–Crippen MR) is 119 cm³/mol. The molecule has 1 aliphatic heterocycles. The lowest BCUT2D eigenvalue weighted by Gasteiger charge is -2.19. The van der Waals surface area contributed by atoms with Gasteiger partial charge in [-0.15, -0.1) is 0 Å². The number of carbonyl (C=O) groups is 2. The second kappa shape index (κ2) is 9.44. The maximum atomic E-state index is 12.7. The van der Waals surface area contributed by atoms with E-state index in [4.69, 9.17) is 4.74 Å². The van der Waals surface area contributed by atoms with Crippen molar-refractivity contribution < 1.29 is 19.2 Å². The van der Waals surface area contributed by atoms with Crippen molar-refractivity contribution in [3.05, 3.63) is 73.1 Å². The largest absolute Gasteiger partial charge is 0.488 e. The number of thioether (sulfide) groups is 1. The van der Waals surface area contributed by atoms with Crippen LogP contribution in [0.3, 0.4) is 0 Å². The van der Waals surface area contributed by atoms with E-state index in [1.165, 1.54) is 17.0 Å². The molecule has 7 nitrogen and oxygen atoms in total. The summed E-state index contributed by atoms with van der Waals surface area (Å²) in [5, 5.41) is 10.7. The van der Waals surface area contributed by atoms with Gasteiger partial charge in [0.2, 0.25) is 0 Å². The van der Waals surface area contributed by atoms with Crippen LogP contribution in [0.25, 0.3) is 6.08 Å². The van der Waals surface area contributed by atoms with Gasteiger partial charge in [-0.3, -0.25) is 24.6 Å². The highest BCUT2D eigenvalue weighted by atomic mass is 79.9. The van der Waals surface area contributed by atoms with E-state index in [0.717, 1.165) is 16.2 Å². The molecule has 1 atom stereocenters. The number of non-ortho nitro benzene ring substituents is 1. The van der Waals surface area contributed by atoms with Gasteiger partial charge in [-0.2, -0.15) is 0 Å². The molecule has 0 spiro atoms. The Labute approximate surface area is 186 Å². The number of ether oxygens (including phenoxy) is 1. The van der Waals surface area contributed by atoms with E-state index in [-0.39, 0.29) is 29.5 Å². The second-order valence-corrected chi connectivity index (χ2v) is 8.62. The van der Waals surface area contributed by atoms with Crippen LogP contribution in [0.5, 0.6) is 5.75 Å². The fraction of sp³-hybridized carbons (Fsp3) is 0.238. The van der Waals surface area contributed by atoms with Crippen LogP contribution in [0.4, 0.5) is 10.5 Å². The summed E-state index contributed by atoms with van der Waals surface area (Å²) in [4.78, 5) is 37.1. The van der Waals surface area contributed by atoms with Crippen LogP contribution in [-0.2, 0) is 11.4 Å². The van der Waals surface area contributed by atoms with E-state index < -0.39 is 4.92 Å². The van der Waals surface area contributed by atoms with Crippen molar-refractivity contribution in [1.29, 1.82) is 0 Å². The number of carbonyl (C=O) groups excluding carboxylic acids is 2.